The molecule has 0 aromatic heterocycles. The molecule has 0 spiro atoms. The monoisotopic (exact) mass is 379 g/mol. The van der Waals surface area contributed by atoms with Crippen molar-refractivity contribution in [3.05, 3.63) is 65.2 Å². The van der Waals surface area contributed by atoms with Crippen molar-refractivity contribution in [2.75, 3.05) is 19.5 Å². The molecular weight excluding hydrogens is 350 g/mol. The van der Waals surface area contributed by atoms with E-state index in [1.54, 1.807) is 37.4 Å². The van der Waals surface area contributed by atoms with Gasteiger partial charge in [-0.15, -0.1) is 0 Å². The average Bonchev–Trinajstić information content (AvgIpc) is 2.70. The number of ether oxygens (including phenoxy) is 2. The van der Waals surface area contributed by atoms with Crippen molar-refractivity contribution in [2.24, 2.45) is 5.41 Å². The third-order valence-corrected chi connectivity index (χ3v) is 5.39. The van der Waals surface area contributed by atoms with Crippen molar-refractivity contribution in [3.8, 4) is 5.75 Å². The fraction of sp³-hybridized carbons (Fsp3) is 0.375. The van der Waals surface area contributed by atoms with Crippen LogP contribution in [0.1, 0.15) is 55.1 Å². The molecule has 1 aliphatic rings. The van der Waals surface area contributed by atoms with Crippen LogP contribution in [0.25, 0.3) is 6.08 Å². The van der Waals surface area contributed by atoms with E-state index in [0.717, 1.165) is 25.0 Å². The fourth-order valence-electron chi connectivity index (χ4n) is 3.27. The summed E-state index contributed by atoms with van der Waals surface area (Å²) in [5.74, 6) is 0.613. The van der Waals surface area contributed by atoms with Crippen molar-refractivity contribution in [1.29, 1.82) is 0 Å². The standard InChI is InChI=1S/C24H29NO3/c1-23(2)13-14-24(3,28-16-23)12-11-17-5-10-21(25)20(15-17)22(26)18-6-8-19(27-4)9-7-18/h5-12,15H,13-14,16,25H2,1-4H3/b12-11+. The molecule has 2 aromatic rings. The molecule has 4 nitrogen and oxygen atoms in total. The van der Waals surface area contributed by atoms with Gasteiger partial charge in [-0.25, -0.2) is 0 Å². The molecule has 0 saturated carbocycles. The zero-order valence-corrected chi connectivity index (χ0v) is 17.1. The van der Waals surface area contributed by atoms with Gasteiger partial charge in [-0.05, 0) is 67.1 Å². The van der Waals surface area contributed by atoms with Crippen LogP contribution in [0.5, 0.6) is 5.75 Å². The Balaban J connectivity index is 1.80. The Morgan fingerprint density at radius 1 is 1.11 bits per heavy atom. The van der Waals surface area contributed by atoms with Crippen LogP contribution in [0.15, 0.2) is 48.5 Å². The lowest BCUT2D eigenvalue weighted by Crippen LogP contribution is -2.38. The number of hydrogen-bond donors (Lipinski definition) is 1. The topological polar surface area (TPSA) is 61.5 Å². The van der Waals surface area contributed by atoms with Crippen molar-refractivity contribution in [1.82, 2.24) is 0 Å². The first-order valence-electron chi connectivity index (χ1n) is 9.63. The number of benzene rings is 2. The second-order valence-electron chi connectivity index (χ2n) is 8.50. The number of rotatable bonds is 5. The maximum atomic E-state index is 12.9. The molecule has 1 saturated heterocycles. The van der Waals surface area contributed by atoms with Crippen LogP contribution < -0.4 is 10.5 Å². The van der Waals surface area contributed by atoms with E-state index >= 15 is 0 Å². The number of carbonyl (C=O) groups is 1. The number of anilines is 1. The number of ketones is 1. The molecule has 0 radical (unpaired) electrons. The van der Waals surface area contributed by atoms with Crippen LogP contribution >= 0.6 is 0 Å². The van der Waals surface area contributed by atoms with Crippen molar-refractivity contribution in [2.45, 2.75) is 39.2 Å². The van der Waals surface area contributed by atoms with Crippen LogP contribution in [0, 0.1) is 5.41 Å². The fourth-order valence-corrected chi connectivity index (χ4v) is 3.27. The lowest BCUT2D eigenvalue weighted by Gasteiger charge is -2.40. The van der Waals surface area contributed by atoms with Gasteiger partial charge in [-0.3, -0.25) is 4.79 Å². The third-order valence-electron chi connectivity index (χ3n) is 5.39. The maximum absolute atomic E-state index is 12.9. The van der Waals surface area contributed by atoms with Gasteiger partial charge in [0, 0.05) is 16.8 Å². The Bertz CT molecular complexity index is 871. The molecule has 1 heterocycles. The quantitative estimate of drug-likeness (QED) is 0.579. The summed E-state index contributed by atoms with van der Waals surface area (Å²) < 4.78 is 11.3. The van der Waals surface area contributed by atoms with Gasteiger partial charge >= 0.3 is 0 Å². The number of hydrogen-bond acceptors (Lipinski definition) is 4. The molecule has 1 fully saturated rings. The van der Waals surface area contributed by atoms with E-state index in [1.165, 1.54) is 0 Å². The summed E-state index contributed by atoms with van der Waals surface area (Å²) in [6.45, 7) is 7.32. The largest absolute Gasteiger partial charge is 0.497 e. The van der Waals surface area contributed by atoms with E-state index in [0.29, 0.717) is 22.6 Å². The predicted octanol–water partition coefficient (Wildman–Crippen LogP) is 5.12. The van der Waals surface area contributed by atoms with Gasteiger partial charge in [0.25, 0.3) is 0 Å². The maximum Gasteiger partial charge on any atom is 0.195 e. The van der Waals surface area contributed by atoms with E-state index in [1.807, 2.05) is 18.2 Å². The van der Waals surface area contributed by atoms with Crippen molar-refractivity contribution in [3.63, 3.8) is 0 Å². The van der Waals surface area contributed by atoms with Crippen LogP contribution in [-0.4, -0.2) is 25.1 Å². The Hall–Kier alpha value is -2.59. The minimum atomic E-state index is -0.281. The van der Waals surface area contributed by atoms with Gasteiger partial charge in [0.2, 0.25) is 0 Å². The summed E-state index contributed by atoms with van der Waals surface area (Å²) in [5.41, 5.74) is 8.52. The normalized spacial score (nSPS) is 21.6. The van der Waals surface area contributed by atoms with E-state index in [2.05, 4.69) is 26.8 Å². The molecule has 1 atom stereocenters. The smallest absolute Gasteiger partial charge is 0.195 e. The number of methoxy groups -OCH3 is 1. The zero-order valence-electron chi connectivity index (χ0n) is 17.1. The Morgan fingerprint density at radius 2 is 1.82 bits per heavy atom. The van der Waals surface area contributed by atoms with E-state index < -0.39 is 0 Å². The van der Waals surface area contributed by atoms with E-state index in [4.69, 9.17) is 15.2 Å². The highest BCUT2D eigenvalue weighted by atomic mass is 16.5. The molecule has 28 heavy (non-hydrogen) atoms. The van der Waals surface area contributed by atoms with Crippen LogP contribution in [0.4, 0.5) is 5.69 Å². The summed E-state index contributed by atoms with van der Waals surface area (Å²) in [4.78, 5) is 12.9. The first-order chi connectivity index (χ1) is 13.2. The second kappa shape index (κ2) is 7.80. The van der Waals surface area contributed by atoms with E-state index in [-0.39, 0.29) is 16.8 Å². The summed E-state index contributed by atoms with van der Waals surface area (Å²) >= 11 is 0. The van der Waals surface area contributed by atoms with Crippen LogP contribution in [0.2, 0.25) is 0 Å². The Morgan fingerprint density at radius 3 is 2.43 bits per heavy atom. The molecule has 4 heteroatoms. The summed E-state index contributed by atoms with van der Waals surface area (Å²) in [7, 11) is 1.60. The lowest BCUT2D eigenvalue weighted by atomic mass is 9.81. The number of carbonyl (C=O) groups excluding carboxylic acids is 1. The lowest BCUT2D eigenvalue weighted by molar-refractivity contribution is -0.0844. The molecule has 2 N–H and O–H groups in total. The van der Waals surface area contributed by atoms with Gasteiger partial charge in [-0.2, -0.15) is 0 Å². The molecule has 0 bridgehead atoms. The molecular formula is C24H29NO3. The molecule has 1 unspecified atom stereocenters. The van der Waals surface area contributed by atoms with Gasteiger partial charge < -0.3 is 15.2 Å². The first kappa shape index (κ1) is 20.2. The molecule has 0 amide bonds. The van der Waals surface area contributed by atoms with Crippen molar-refractivity contribution >= 4 is 17.5 Å². The second-order valence-corrected chi connectivity index (χ2v) is 8.50. The molecule has 0 aliphatic carbocycles. The van der Waals surface area contributed by atoms with Crippen LogP contribution in [-0.2, 0) is 4.74 Å². The summed E-state index contributed by atoms with van der Waals surface area (Å²) in [6.07, 6.45) is 6.21. The molecule has 2 aromatic carbocycles. The Kier molecular flexibility index (Phi) is 5.61. The number of nitrogens with two attached hydrogens (primary N) is 1. The summed E-state index contributed by atoms with van der Waals surface area (Å²) in [6, 6.07) is 12.6. The SMILES string of the molecule is COc1ccc(C(=O)c2cc(/C=C/C3(C)CCC(C)(C)CO3)ccc2N)cc1. The minimum absolute atomic E-state index is 0.0997. The highest BCUT2D eigenvalue weighted by Crippen LogP contribution is 2.36. The van der Waals surface area contributed by atoms with Gasteiger partial charge in [0.05, 0.1) is 19.3 Å². The number of nitrogen functional groups attached to an aromatic ring is 1. The minimum Gasteiger partial charge on any atom is -0.497 e. The first-order valence-corrected chi connectivity index (χ1v) is 9.63. The van der Waals surface area contributed by atoms with E-state index in [9.17, 15) is 4.79 Å². The van der Waals surface area contributed by atoms with Gasteiger partial charge in [0.1, 0.15) is 5.75 Å². The molecule has 1 aliphatic heterocycles. The molecule has 3 rings (SSSR count). The van der Waals surface area contributed by atoms with Crippen LogP contribution in [0.3, 0.4) is 0 Å². The van der Waals surface area contributed by atoms with Gasteiger partial charge in [-0.1, -0.05) is 32.1 Å². The third kappa shape index (κ3) is 4.63. The van der Waals surface area contributed by atoms with Gasteiger partial charge in [0.15, 0.2) is 5.78 Å². The average molecular weight is 380 g/mol. The predicted molar refractivity (Wildman–Crippen MR) is 114 cm³/mol. The summed E-state index contributed by atoms with van der Waals surface area (Å²) in [5, 5.41) is 0. The highest BCUT2D eigenvalue weighted by molar-refractivity contribution is 6.12. The zero-order chi connectivity index (χ0) is 20.4. The highest BCUT2D eigenvalue weighted by Gasteiger charge is 2.33. The Labute approximate surface area is 167 Å². The molecule has 148 valence electrons. The van der Waals surface area contributed by atoms with Crippen molar-refractivity contribution < 1.29 is 14.3 Å².